The van der Waals surface area contributed by atoms with Crippen LogP contribution in [-0.4, -0.2) is 17.9 Å². The summed E-state index contributed by atoms with van der Waals surface area (Å²) in [6, 6.07) is 0. The topological polar surface area (TPSA) is 120 Å². The van der Waals surface area contributed by atoms with Crippen LogP contribution in [0, 0.1) is 40.8 Å². The second-order valence-corrected chi connectivity index (χ2v) is 17.1. The molecule has 7 heteroatoms. The summed E-state index contributed by atoms with van der Waals surface area (Å²) >= 11 is 0. The van der Waals surface area contributed by atoms with E-state index in [2.05, 4.69) is 57.2 Å². The Balaban J connectivity index is -0.000000396. The molecule has 0 unspecified atom stereocenters. The number of carboxylic acids is 3. The molecule has 355 valence electrons. The van der Waals surface area contributed by atoms with Crippen LogP contribution >= 0.6 is 0 Å². The van der Waals surface area contributed by atoms with Crippen molar-refractivity contribution < 1.29 is 70.5 Å². The number of unbranched alkanes of at least 4 members (excludes halogenated alkanes) is 33. The molecule has 0 saturated carbocycles. The van der Waals surface area contributed by atoms with Gasteiger partial charge in [0.1, 0.15) is 0 Å². The van der Waals surface area contributed by atoms with Crippen LogP contribution in [0.5, 0.6) is 0 Å². The number of carbonyl (C=O) groups is 3. The van der Waals surface area contributed by atoms with Gasteiger partial charge in [0.15, 0.2) is 0 Å². The van der Waals surface area contributed by atoms with Crippen LogP contribution in [0.25, 0.3) is 0 Å². The number of aliphatic carboxylic acids is 3. The third kappa shape index (κ3) is 76.7. The maximum atomic E-state index is 10.2. The van der Waals surface area contributed by atoms with Gasteiger partial charge >= 0.3 is 40.8 Å². The molecule has 0 atom stereocenters. The zero-order valence-corrected chi connectivity index (χ0v) is 43.8. The van der Waals surface area contributed by atoms with Gasteiger partial charge in [-0.05, 0) is 116 Å². The number of carbonyl (C=O) groups excluding carboxylic acids is 3. The second-order valence-electron chi connectivity index (χ2n) is 17.1. The zero-order valence-electron chi connectivity index (χ0n) is 40.6. The van der Waals surface area contributed by atoms with E-state index in [-0.39, 0.29) is 60.1 Å². The fourth-order valence-electron chi connectivity index (χ4n) is 7.02. The number of hydrogen-bond donors (Lipinski definition) is 0. The van der Waals surface area contributed by atoms with E-state index in [0.717, 1.165) is 57.8 Å². The Morgan fingerprint density at radius 2 is 0.410 bits per heavy atom. The van der Waals surface area contributed by atoms with E-state index in [1.807, 2.05) is 0 Å². The molecule has 0 saturated heterocycles. The first-order valence-corrected chi connectivity index (χ1v) is 25.9. The van der Waals surface area contributed by atoms with Gasteiger partial charge in [-0.3, -0.25) is 0 Å². The molecule has 0 aliphatic carbocycles. The molecule has 0 aromatic heterocycles. The summed E-state index contributed by atoms with van der Waals surface area (Å²) in [5.74, 6) is -2.74. The molecule has 0 aliphatic rings. The van der Waals surface area contributed by atoms with E-state index >= 15 is 0 Å². The monoisotopic (exact) mass is 986 g/mol. The maximum Gasteiger partial charge on any atom is 3.00 e. The Bertz CT molecular complexity index is 827. The summed E-state index contributed by atoms with van der Waals surface area (Å²) in [6.07, 6.45) is 62.7. The average molecular weight is 989 g/mol. The molecule has 0 N–H and O–H groups in total. The molecular formula is C54H99NdO6. The first-order chi connectivity index (χ1) is 29.3. The normalized spacial score (nSPS) is 11.1. The average Bonchev–Trinajstić information content (AvgIpc) is 3.22. The Kier molecular flexibility index (Phi) is 69.1. The van der Waals surface area contributed by atoms with Crippen molar-refractivity contribution in [3.05, 3.63) is 36.5 Å². The second kappa shape index (κ2) is 63.3. The third-order valence-electron chi connectivity index (χ3n) is 10.9. The molecule has 0 heterocycles. The smallest absolute Gasteiger partial charge is 0.550 e. The Labute approximate surface area is 412 Å². The van der Waals surface area contributed by atoms with E-state index in [4.69, 9.17) is 0 Å². The van der Waals surface area contributed by atoms with Crippen molar-refractivity contribution in [3.8, 4) is 0 Å². The molecule has 0 bridgehead atoms. The standard InChI is InChI=1S/3C18H34O2.Nd/c3*1-2-3-4-5-6-7-8-9-10-11-12-13-14-15-16-17-18(19)20;/h3*9-10H,2-8,11-17H2,1H3,(H,19,20);/q;;;+3/p-3. The fourth-order valence-corrected chi connectivity index (χ4v) is 7.02. The van der Waals surface area contributed by atoms with E-state index in [0.29, 0.717) is 0 Å². The van der Waals surface area contributed by atoms with Crippen LogP contribution in [0.2, 0.25) is 0 Å². The van der Waals surface area contributed by atoms with Crippen LogP contribution in [0.1, 0.15) is 290 Å². The van der Waals surface area contributed by atoms with Gasteiger partial charge in [0.25, 0.3) is 0 Å². The number of rotatable bonds is 45. The number of allylic oxidation sites excluding steroid dienone is 6. The van der Waals surface area contributed by atoms with Gasteiger partial charge in [0.05, 0.1) is 0 Å². The van der Waals surface area contributed by atoms with E-state index in [1.165, 1.54) is 193 Å². The van der Waals surface area contributed by atoms with E-state index < -0.39 is 17.9 Å². The summed E-state index contributed by atoms with van der Waals surface area (Å²) < 4.78 is 0. The number of hydrogen-bond acceptors (Lipinski definition) is 6. The molecule has 0 amide bonds. The van der Waals surface area contributed by atoms with Crippen LogP contribution in [0.4, 0.5) is 0 Å². The first kappa shape index (κ1) is 66.6. The van der Waals surface area contributed by atoms with Crippen molar-refractivity contribution >= 4 is 17.9 Å². The van der Waals surface area contributed by atoms with E-state index in [1.54, 1.807) is 0 Å². The minimum Gasteiger partial charge on any atom is -0.550 e. The van der Waals surface area contributed by atoms with Gasteiger partial charge in [-0.2, -0.15) is 0 Å². The van der Waals surface area contributed by atoms with Crippen LogP contribution in [0.3, 0.4) is 0 Å². The largest absolute Gasteiger partial charge is 3.00 e. The first-order valence-electron chi connectivity index (χ1n) is 25.9. The SMILES string of the molecule is CCCCCCCCC=CCCCCCCCC(=O)[O-].CCCCCCCCC=CCCCCCCCC(=O)[O-].CCCCCCCCC=CCCCCCCCC(=O)[O-].[Nd+3]. The third-order valence-corrected chi connectivity index (χ3v) is 10.9. The molecule has 0 aromatic carbocycles. The van der Waals surface area contributed by atoms with Crippen molar-refractivity contribution in [2.45, 2.75) is 290 Å². The Hall–Kier alpha value is -1.02. The molecule has 0 aromatic rings. The van der Waals surface area contributed by atoms with Crippen molar-refractivity contribution in [2.24, 2.45) is 0 Å². The van der Waals surface area contributed by atoms with Gasteiger partial charge in [-0.15, -0.1) is 0 Å². The minimum absolute atomic E-state index is 0. The predicted octanol–water partition coefficient (Wildman–Crippen LogP) is 14.3. The van der Waals surface area contributed by atoms with Crippen LogP contribution in [-0.2, 0) is 14.4 Å². The van der Waals surface area contributed by atoms with E-state index in [9.17, 15) is 29.7 Å². The summed E-state index contributed by atoms with van der Waals surface area (Å²) in [7, 11) is 0. The fraction of sp³-hybridized carbons (Fsp3) is 0.833. The molecule has 0 spiro atoms. The van der Waals surface area contributed by atoms with Gasteiger partial charge in [-0.25, -0.2) is 0 Å². The number of carboxylic acid groups (broad SMARTS) is 3. The molecular weight excluding hydrogens is 889 g/mol. The van der Waals surface area contributed by atoms with Gasteiger partial charge in [0.2, 0.25) is 0 Å². The zero-order chi connectivity index (χ0) is 44.7. The molecule has 0 aliphatic heterocycles. The predicted molar refractivity (Wildman–Crippen MR) is 253 cm³/mol. The van der Waals surface area contributed by atoms with Gasteiger partial charge in [0, 0.05) is 17.9 Å². The van der Waals surface area contributed by atoms with Gasteiger partial charge in [-0.1, -0.05) is 211 Å². The van der Waals surface area contributed by atoms with Crippen molar-refractivity contribution in [1.82, 2.24) is 0 Å². The Morgan fingerprint density at radius 1 is 0.262 bits per heavy atom. The quantitative estimate of drug-likeness (QED) is 0.0443. The van der Waals surface area contributed by atoms with Gasteiger partial charge < -0.3 is 29.7 Å². The summed E-state index contributed by atoms with van der Waals surface area (Å²) in [5.41, 5.74) is 0. The van der Waals surface area contributed by atoms with Crippen molar-refractivity contribution in [3.63, 3.8) is 0 Å². The minimum atomic E-state index is -0.914. The molecule has 0 fully saturated rings. The maximum absolute atomic E-state index is 10.2. The molecule has 61 heavy (non-hydrogen) atoms. The molecule has 0 rings (SSSR count). The Morgan fingerprint density at radius 3 is 0.574 bits per heavy atom. The molecule has 6 nitrogen and oxygen atoms in total. The summed E-state index contributed by atoms with van der Waals surface area (Å²) in [5, 5.41) is 30.6. The van der Waals surface area contributed by atoms with Crippen LogP contribution in [0.15, 0.2) is 36.5 Å². The van der Waals surface area contributed by atoms with Crippen LogP contribution < -0.4 is 15.3 Å². The molecule has 1 radical (unpaired) electrons. The summed E-state index contributed by atoms with van der Waals surface area (Å²) in [4.78, 5) is 30.6. The van der Waals surface area contributed by atoms with Crippen molar-refractivity contribution in [1.29, 1.82) is 0 Å². The summed E-state index contributed by atoms with van der Waals surface area (Å²) in [6.45, 7) is 6.77. The van der Waals surface area contributed by atoms with Crippen molar-refractivity contribution in [2.75, 3.05) is 0 Å².